The fourth-order valence-electron chi connectivity index (χ4n) is 1.26. The predicted molar refractivity (Wildman–Crippen MR) is 76.9 cm³/mol. The zero-order chi connectivity index (χ0) is 14.6. The highest BCUT2D eigenvalue weighted by molar-refractivity contribution is 6.74. The first-order chi connectivity index (χ1) is 8.03. The van der Waals surface area contributed by atoms with Crippen LogP contribution in [0.15, 0.2) is 0 Å². The molecule has 0 saturated carbocycles. The van der Waals surface area contributed by atoms with Gasteiger partial charge >= 0.3 is 5.97 Å². The monoisotopic (exact) mass is 275 g/mol. The van der Waals surface area contributed by atoms with Crippen molar-refractivity contribution < 1.29 is 14.0 Å². The Hall–Kier alpha value is -0.393. The number of rotatable bonds is 6. The van der Waals surface area contributed by atoms with Crippen molar-refractivity contribution >= 4 is 14.3 Å². The Morgan fingerprint density at radius 3 is 2.22 bits per heavy atom. The second-order valence-corrected chi connectivity index (χ2v) is 11.2. The van der Waals surface area contributed by atoms with Crippen LogP contribution in [0.4, 0.5) is 0 Å². The van der Waals surface area contributed by atoms with Crippen molar-refractivity contribution in [3.8, 4) is 0 Å². The summed E-state index contributed by atoms with van der Waals surface area (Å²) in [4.78, 5) is 11.3. The van der Waals surface area contributed by atoms with E-state index in [-0.39, 0.29) is 16.9 Å². The van der Waals surface area contributed by atoms with Gasteiger partial charge in [-0.25, -0.2) is 0 Å². The maximum atomic E-state index is 11.3. The van der Waals surface area contributed by atoms with Gasteiger partial charge in [-0.3, -0.25) is 4.79 Å². The molecule has 0 aliphatic rings. The molecule has 18 heavy (non-hydrogen) atoms. The highest BCUT2D eigenvalue weighted by atomic mass is 28.4. The number of hydrogen-bond donors (Lipinski definition) is 1. The number of carbonyl (C=O) groups excluding carboxylic acids is 1. The second kappa shape index (κ2) is 6.68. The van der Waals surface area contributed by atoms with Gasteiger partial charge in [-0.2, -0.15) is 0 Å². The minimum atomic E-state index is -1.70. The average Bonchev–Trinajstić information content (AvgIpc) is 2.24. The topological polar surface area (TPSA) is 61.5 Å². The van der Waals surface area contributed by atoms with Gasteiger partial charge in [0.25, 0.3) is 0 Å². The molecular formula is C13H29NO3Si. The van der Waals surface area contributed by atoms with Crippen molar-refractivity contribution in [2.45, 2.75) is 58.3 Å². The first kappa shape index (κ1) is 17.6. The van der Waals surface area contributed by atoms with Crippen molar-refractivity contribution in [1.29, 1.82) is 0 Å². The second-order valence-electron chi connectivity index (χ2n) is 6.42. The van der Waals surface area contributed by atoms with Gasteiger partial charge in [-0.1, -0.05) is 27.7 Å². The smallest absolute Gasteiger partial charge is 0.322 e. The van der Waals surface area contributed by atoms with Crippen LogP contribution in [0.3, 0.4) is 0 Å². The van der Waals surface area contributed by atoms with Crippen molar-refractivity contribution in [2.24, 2.45) is 11.7 Å². The molecule has 0 aromatic rings. The van der Waals surface area contributed by atoms with Gasteiger partial charge < -0.3 is 14.9 Å². The molecule has 0 aromatic heterocycles. The lowest BCUT2D eigenvalue weighted by Crippen LogP contribution is -2.42. The van der Waals surface area contributed by atoms with E-state index < -0.39 is 14.4 Å². The molecule has 108 valence electrons. The summed E-state index contributed by atoms with van der Waals surface area (Å²) >= 11 is 0. The number of hydrogen-bond acceptors (Lipinski definition) is 4. The Balaban J connectivity index is 4.17. The first-order valence-corrected chi connectivity index (χ1v) is 9.41. The van der Waals surface area contributed by atoms with Crippen LogP contribution in [0.25, 0.3) is 0 Å². The number of esters is 1. The molecule has 0 spiro atoms. The van der Waals surface area contributed by atoms with E-state index in [0.29, 0.717) is 6.61 Å². The standard InChI is InChI=1S/C13H29NO3Si/c1-10(11(14)12(15)16-5)8-9-17-18(6,7)13(2,3)4/h10-11H,8-9,14H2,1-7H3/t10-,11-/m0/s1. The van der Waals surface area contributed by atoms with Crippen molar-refractivity contribution in [1.82, 2.24) is 0 Å². The van der Waals surface area contributed by atoms with Crippen LogP contribution in [0.2, 0.25) is 18.1 Å². The third-order valence-electron chi connectivity index (χ3n) is 3.93. The molecule has 0 heterocycles. The van der Waals surface area contributed by atoms with Crippen LogP contribution in [-0.4, -0.2) is 34.0 Å². The highest BCUT2D eigenvalue weighted by Crippen LogP contribution is 2.36. The van der Waals surface area contributed by atoms with E-state index in [1.54, 1.807) is 0 Å². The Morgan fingerprint density at radius 1 is 1.33 bits per heavy atom. The van der Waals surface area contributed by atoms with Gasteiger partial charge in [-0.05, 0) is 30.5 Å². The largest absolute Gasteiger partial charge is 0.468 e. The Morgan fingerprint density at radius 2 is 1.83 bits per heavy atom. The van der Waals surface area contributed by atoms with Crippen LogP contribution >= 0.6 is 0 Å². The van der Waals surface area contributed by atoms with Gasteiger partial charge in [0.1, 0.15) is 6.04 Å². The van der Waals surface area contributed by atoms with Crippen LogP contribution in [0.1, 0.15) is 34.1 Å². The summed E-state index contributed by atoms with van der Waals surface area (Å²) in [5, 5.41) is 0.209. The van der Waals surface area contributed by atoms with E-state index in [0.717, 1.165) is 6.42 Å². The maximum absolute atomic E-state index is 11.3. The van der Waals surface area contributed by atoms with Gasteiger partial charge in [0.05, 0.1) is 7.11 Å². The number of methoxy groups -OCH3 is 1. The quantitative estimate of drug-likeness (QED) is 0.598. The lowest BCUT2D eigenvalue weighted by atomic mass is 10.00. The fourth-order valence-corrected chi connectivity index (χ4v) is 2.33. The molecule has 5 heteroatoms. The fraction of sp³-hybridized carbons (Fsp3) is 0.923. The molecule has 0 fully saturated rings. The van der Waals surface area contributed by atoms with E-state index in [4.69, 9.17) is 10.2 Å². The zero-order valence-electron chi connectivity index (χ0n) is 12.9. The van der Waals surface area contributed by atoms with E-state index in [1.165, 1.54) is 7.11 Å². The first-order valence-electron chi connectivity index (χ1n) is 6.50. The van der Waals surface area contributed by atoms with Crippen LogP contribution in [0.5, 0.6) is 0 Å². The van der Waals surface area contributed by atoms with Gasteiger partial charge in [0.2, 0.25) is 0 Å². The number of ether oxygens (including phenoxy) is 1. The predicted octanol–water partition coefficient (Wildman–Crippen LogP) is 2.53. The SMILES string of the molecule is COC(=O)[C@@H](N)[C@@H](C)CCO[Si](C)(C)C(C)(C)C. The minimum absolute atomic E-state index is 0.0715. The summed E-state index contributed by atoms with van der Waals surface area (Å²) in [6.45, 7) is 13.7. The van der Waals surface area contributed by atoms with Crippen LogP contribution < -0.4 is 5.73 Å². The van der Waals surface area contributed by atoms with Crippen molar-refractivity contribution in [3.05, 3.63) is 0 Å². The molecule has 0 amide bonds. The van der Waals surface area contributed by atoms with E-state index in [2.05, 4.69) is 38.6 Å². The molecule has 2 N–H and O–H groups in total. The van der Waals surface area contributed by atoms with Gasteiger partial charge in [-0.15, -0.1) is 0 Å². The Kier molecular flexibility index (Phi) is 6.53. The van der Waals surface area contributed by atoms with E-state index >= 15 is 0 Å². The lowest BCUT2D eigenvalue weighted by molar-refractivity contribution is -0.143. The Labute approximate surface area is 112 Å². The van der Waals surface area contributed by atoms with Crippen LogP contribution in [-0.2, 0) is 14.0 Å². The molecule has 0 rings (SSSR count). The molecule has 0 radical (unpaired) electrons. The Bertz CT molecular complexity index is 274. The minimum Gasteiger partial charge on any atom is -0.468 e. The summed E-state index contributed by atoms with van der Waals surface area (Å²) < 4.78 is 10.7. The molecule has 4 nitrogen and oxygen atoms in total. The average molecular weight is 275 g/mol. The molecular weight excluding hydrogens is 246 g/mol. The summed E-state index contributed by atoms with van der Waals surface area (Å²) in [6, 6.07) is -0.557. The van der Waals surface area contributed by atoms with E-state index in [1.807, 2.05) is 6.92 Å². The molecule has 0 saturated heterocycles. The van der Waals surface area contributed by atoms with Crippen molar-refractivity contribution in [3.63, 3.8) is 0 Å². The zero-order valence-corrected chi connectivity index (χ0v) is 13.9. The molecule has 0 aliphatic heterocycles. The molecule has 0 aromatic carbocycles. The third kappa shape index (κ3) is 5.08. The summed E-state index contributed by atoms with van der Waals surface area (Å²) in [5.74, 6) is -0.281. The maximum Gasteiger partial charge on any atom is 0.322 e. The van der Waals surface area contributed by atoms with Gasteiger partial charge in [0.15, 0.2) is 8.32 Å². The molecule has 0 bridgehead atoms. The highest BCUT2D eigenvalue weighted by Gasteiger charge is 2.37. The van der Waals surface area contributed by atoms with Gasteiger partial charge in [0, 0.05) is 6.61 Å². The summed E-state index contributed by atoms with van der Waals surface area (Å²) in [7, 11) is -0.337. The van der Waals surface area contributed by atoms with E-state index in [9.17, 15) is 4.79 Å². The number of carbonyl (C=O) groups is 1. The molecule has 2 atom stereocenters. The molecule has 0 unspecified atom stereocenters. The third-order valence-corrected chi connectivity index (χ3v) is 8.47. The summed E-state index contributed by atoms with van der Waals surface area (Å²) in [6.07, 6.45) is 0.781. The molecule has 0 aliphatic carbocycles. The lowest BCUT2D eigenvalue weighted by Gasteiger charge is -2.36. The van der Waals surface area contributed by atoms with Crippen LogP contribution in [0, 0.1) is 5.92 Å². The summed E-state index contributed by atoms with van der Waals surface area (Å²) in [5.41, 5.74) is 5.79. The van der Waals surface area contributed by atoms with Crippen molar-refractivity contribution in [2.75, 3.05) is 13.7 Å². The number of nitrogens with two attached hydrogens (primary N) is 1. The normalized spacial score (nSPS) is 16.2.